The van der Waals surface area contributed by atoms with E-state index in [-0.39, 0.29) is 5.54 Å². The van der Waals surface area contributed by atoms with Crippen LogP contribution >= 0.6 is 0 Å². The van der Waals surface area contributed by atoms with Gasteiger partial charge in [0.15, 0.2) is 0 Å². The van der Waals surface area contributed by atoms with Gasteiger partial charge in [-0.05, 0) is 38.6 Å². The van der Waals surface area contributed by atoms with Crippen LogP contribution in [0.25, 0.3) is 0 Å². The molecule has 1 fully saturated rings. The van der Waals surface area contributed by atoms with Crippen molar-refractivity contribution in [2.75, 3.05) is 19.8 Å². The molecule has 0 aromatic carbocycles. The molecule has 3 nitrogen and oxygen atoms in total. The Hall–Kier alpha value is -0.590. The van der Waals surface area contributed by atoms with Gasteiger partial charge in [-0.3, -0.25) is 5.32 Å². The second-order valence-corrected chi connectivity index (χ2v) is 5.28. The summed E-state index contributed by atoms with van der Waals surface area (Å²) in [5, 5.41) is 12.3. The molecule has 17 heavy (non-hydrogen) atoms. The summed E-state index contributed by atoms with van der Waals surface area (Å²) in [4.78, 5) is 0. The van der Waals surface area contributed by atoms with E-state index < -0.39 is 0 Å². The third kappa shape index (κ3) is 5.52. The van der Waals surface area contributed by atoms with Gasteiger partial charge >= 0.3 is 0 Å². The molecule has 1 unspecified atom stereocenters. The SMILES string of the molecule is CCNC(C)(C#N)CCCOCCC1CCC1. The first-order chi connectivity index (χ1) is 8.20. The molecule has 0 bridgehead atoms. The highest BCUT2D eigenvalue weighted by Gasteiger charge is 2.21. The lowest BCUT2D eigenvalue weighted by atomic mass is 9.83. The molecule has 3 heteroatoms. The van der Waals surface area contributed by atoms with Crippen LogP contribution in [-0.4, -0.2) is 25.3 Å². The van der Waals surface area contributed by atoms with Crippen molar-refractivity contribution in [1.82, 2.24) is 5.32 Å². The second kappa shape index (κ2) is 7.68. The highest BCUT2D eigenvalue weighted by atomic mass is 16.5. The van der Waals surface area contributed by atoms with Crippen molar-refractivity contribution in [1.29, 1.82) is 5.26 Å². The van der Waals surface area contributed by atoms with Crippen molar-refractivity contribution in [2.24, 2.45) is 5.92 Å². The van der Waals surface area contributed by atoms with Crippen molar-refractivity contribution in [3.63, 3.8) is 0 Å². The highest BCUT2D eigenvalue weighted by Crippen LogP contribution is 2.29. The fraction of sp³-hybridized carbons (Fsp3) is 0.929. The maximum atomic E-state index is 9.08. The third-order valence-electron chi connectivity index (χ3n) is 3.67. The molecule has 1 aliphatic rings. The van der Waals surface area contributed by atoms with Crippen LogP contribution in [0.5, 0.6) is 0 Å². The van der Waals surface area contributed by atoms with E-state index in [1.54, 1.807) is 0 Å². The number of hydrogen-bond donors (Lipinski definition) is 1. The Labute approximate surface area is 106 Å². The van der Waals surface area contributed by atoms with Crippen molar-refractivity contribution in [2.45, 2.75) is 57.9 Å². The van der Waals surface area contributed by atoms with E-state index in [0.29, 0.717) is 0 Å². The van der Waals surface area contributed by atoms with Crippen LogP contribution in [0, 0.1) is 17.2 Å². The summed E-state index contributed by atoms with van der Waals surface area (Å²) in [6, 6.07) is 2.34. The number of rotatable bonds is 9. The van der Waals surface area contributed by atoms with Crippen molar-refractivity contribution >= 4 is 0 Å². The Morgan fingerprint density at radius 2 is 2.18 bits per heavy atom. The minimum atomic E-state index is -0.383. The predicted molar refractivity (Wildman–Crippen MR) is 69.7 cm³/mol. The van der Waals surface area contributed by atoms with Gasteiger partial charge in [0.25, 0.3) is 0 Å². The van der Waals surface area contributed by atoms with Gasteiger partial charge in [0.2, 0.25) is 0 Å². The van der Waals surface area contributed by atoms with Gasteiger partial charge < -0.3 is 4.74 Å². The van der Waals surface area contributed by atoms with Crippen molar-refractivity contribution in [3.8, 4) is 6.07 Å². The minimum Gasteiger partial charge on any atom is -0.381 e. The van der Waals surface area contributed by atoms with Crippen LogP contribution in [-0.2, 0) is 4.74 Å². The summed E-state index contributed by atoms with van der Waals surface area (Å²) >= 11 is 0. The van der Waals surface area contributed by atoms with Crippen LogP contribution in [0.1, 0.15) is 52.4 Å². The van der Waals surface area contributed by atoms with Crippen LogP contribution in [0.4, 0.5) is 0 Å². The maximum Gasteiger partial charge on any atom is 0.104 e. The molecule has 1 saturated carbocycles. The molecule has 0 aromatic rings. The van der Waals surface area contributed by atoms with Crippen molar-refractivity contribution < 1.29 is 4.74 Å². The molecule has 0 saturated heterocycles. The van der Waals surface area contributed by atoms with Crippen LogP contribution in [0.2, 0.25) is 0 Å². The molecule has 0 amide bonds. The zero-order valence-corrected chi connectivity index (χ0v) is 11.3. The summed E-state index contributed by atoms with van der Waals surface area (Å²) in [7, 11) is 0. The molecule has 0 aliphatic heterocycles. The first-order valence-electron chi connectivity index (χ1n) is 6.94. The summed E-state index contributed by atoms with van der Waals surface area (Å²) < 4.78 is 5.62. The number of nitrogens with one attached hydrogen (secondary N) is 1. The zero-order chi connectivity index (χ0) is 12.6. The Kier molecular flexibility index (Phi) is 6.54. The summed E-state index contributed by atoms with van der Waals surface area (Å²) in [5.41, 5.74) is -0.383. The summed E-state index contributed by atoms with van der Waals surface area (Å²) in [6.45, 7) is 6.52. The Bertz CT molecular complexity index is 245. The summed E-state index contributed by atoms with van der Waals surface area (Å²) in [6.07, 6.45) is 7.26. The molecule has 0 radical (unpaired) electrons. The highest BCUT2D eigenvalue weighted by molar-refractivity contribution is 5.03. The first-order valence-corrected chi connectivity index (χ1v) is 6.94. The molecule has 1 atom stereocenters. The molecule has 0 heterocycles. The van der Waals surface area contributed by atoms with Gasteiger partial charge in [-0.25, -0.2) is 0 Å². The lowest BCUT2D eigenvalue weighted by Crippen LogP contribution is -2.40. The van der Waals surface area contributed by atoms with E-state index in [1.165, 1.54) is 25.7 Å². The van der Waals surface area contributed by atoms with E-state index in [9.17, 15) is 0 Å². The predicted octanol–water partition coefficient (Wildman–Crippen LogP) is 2.87. The topological polar surface area (TPSA) is 45.0 Å². The molecular formula is C14H26N2O. The molecule has 0 spiro atoms. The number of hydrogen-bond acceptors (Lipinski definition) is 3. The molecule has 0 aromatic heterocycles. The average Bonchev–Trinajstić information content (AvgIpc) is 2.26. The smallest absolute Gasteiger partial charge is 0.104 e. The van der Waals surface area contributed by atoms with Crippen LogP contribution in [0.15, 0.2) is 0 Å². The quantitative estimate of drug-likeness (QED) is 0.628. The molecule has 1 rings (SSSR count). The van der Waals surface area contributed by atoms with E-state index in [4.69, 9.17) is 10.00 Å². The maximum absolute atomic E-state index is 9.08. The molecule has 98 valence electrons. The van der Waals surface area contributed by atoms with E-state index in [1.807, 2.05) is 13.8 Å². The fourth-order valence-corrected chi connectivity index (χ4v) is 2.24. The molecular weight excluding hydrogens is 212 g/mol. The lowest BCUT2D eigenvalue weighted by molar-refractivity contribution is 0.101. The third-order valence-corrected chi connectivity index (χ3v) is 3.67. The standard InChI is InChI=1S/C14H26N2O/c1-3-16-14(2,12-15)9-5-10-17-11-8-13-6-4-7-13/h13,16H,3-11H2,1-2H3. The summed E-state index contributed by atoms with van der Waals surface area (Å²) in [5.74, 6) is 0.932. The number of nitriles is 1. The van der Waals surface area contributed by atoms with Crippen LogP contribution in [0.3, 0.4) is 0 Å². The van der Waals surface area contributed by atoms with Crippen LogP contribution < -0.4 is 5.32 Å². The van der Waals surface area contributed by atoms with Gasteiger partial charge in [-0.1, -0.05) is 26.2 Å². The van der Waals surface area contributed by atoms with E-state index >= 15 is 0 Å². The normalized spacial score (nSPS) is 19.4. The minimum absolute atomic E-state index is 0.383. The van der Waals surface area contributed by atoms with E-state index in [0.717, 1.165) is 38.5 Å². The molecule has 1 N–H and O–H groups in total. The van der Waals surface area contributed by atoms with Gasteiger partial charge in [0.05, 0.1) is 6.07 Å². The fourth-order valence-electron chi connectivity index (χ4n) is 2.24. The Morgan fingerprint density at radius 3 is 2.71 bits per heavy atom. The zero-order valence-electron chi connectivity index (χ0n) is 11.3. The average molecular weight is 238 g/mol. The van der Waals surface area contributed by atoms with Crippen molar-refractivity contribution in [3.05, 3.63) is 0 Å². The lowest BCUT2D eigenvalue weighted by Gasteiger charge is -2.25. The Balaban J connectivity index is 1.96. The second-order valence-electron chi connectivity index (χ2n) is 5.28. The number of ether oxygens (including phenoxy) is 1. The van der Waals surface area contributed by atoms with Gasteiger partial charge in [0.1, 0.15) is 5.54 Å². The number of nitrogens with zero attached hydrogens (tertiary/aromatic N) is 1. The largest absolute Gasteiger partial charge is 0.381 e. The van der Waals surface area contributed by atoms with Gasteiger partial charge in [0, 0.05) is 13.2 Å². The van der Waals surface area contributed by atoms with E-state index in [2.05, 4.69) is 11.4 Å². The monoisotopic (exact) mass is 238 g/mol. The Morgan fingerprint density at radius 1 is 1.41 bits per heavy atom. The van der Waals surface area contributed by atoms with Gasteiger partial charge in [-0.2, -0.15) is 5.26 Å². The molecule has 1 aliphatic carbocycles. The van der Waals surface area contributed by atoms with Gasteiger partial charge in [-0.15, -0.1) is 0 Å². The first kappa shape index (κ1) is 14.5.